The Balaban J connectivity index is -0.00000108. The van der Waals surface area contributed by atoms with Crippen LogP contribution in [0.4, 0.5) is 0 Å². The SMILES string of the molecule is CC#N.CC#N.CN(CCN(C)Cc1nccc2ccccc12)Cc1nccc2ccccc12.CN(CCN(C)Cc1nccc2ccccc12)Cc1nccc2ccccc12.[Mn+3].[Mn].[O-2].[O-2].[O-][Cl+3]([O-])([O-])[O-].[O-][Cl+3]([O-])([O-])[O-].[O-][Cl+3]([O-])([O-])[O-]. The minimum Gasteiger partial charge on any atom is -2.00 e. The molecule has 4 aromatic heterocycles. The molecule has 0 bridgehead atoms. The van der Waals surface area contributed by atoms with Crippen LogP contribution < -0.4 is 55.9 Å². The molecule has 0 aliphatic carbocycles. The van der Waals surface area contributed by atoms with E-state index in [9.17, 15) is 0 Å². The first-order valence-corrected chi connectivity index (χ1v) is 26.5. The molecule has 8 rings (SSSR count). The van der Waals surface area contributed by atoms with Crippen molar-refractivity contribution < 1.29 is 132 Å². The number of halogens is 3. The van der Waals surface area contributed by atoms with E-state index < -0.39 is 30.7 Å². The van der Waals surface area contributed by atoms with Gasteiger partial charge in [-0.05, 0) is 74.0 Å². The fourth-order valence-corrected chi connectivity index (χ4v) is 7.25. The van der Waals surface area contributed by atoms with Gasteiger partial charge in [-0.25, -0.2) is 55.9 Å². The van der Waals surface area contributed by atoms with Crippen molar-refractivity contribution in [1.29, 1.82) is 10.5 Å². The summed E-state index contributed by atoms with van der Waals surface area (Å²) in [6.07, 6.45) is 7.63. The van der Waals surface area contributed by atoms with Gasteiger partial charge in [-0.1, -0.05) is 97.1 Å². The number of fused-ring (bicyclic) bond motifs is 4. The molecule has 0 aliphatic rings. The van der Waals surface area contributed by atoms with Crippen LogP contribution in [0.15, 0.2) is 146 Å². The second kappa shape index (κ2) is 41.6. The number of benzene rings is 4. The van der Waals surface area contributed by atoms with E-state index in [0.717, 1.165) is 75.1 Å². The van der Waals surface area contributed by atoms with Crippen molar-refractivity contribution in [3.63, 3.8) is 0 Å². The van der Waals surface area contributed by atoms with E-state index >= 15 is 0 Å². The molecule has 0 aliphatic heterocycles. The Morgan fingerprint density at radius 3 is 0.667 bits per heavy atom. The van der Waals surface area contributed by atoms with Crippen molar-refractivity contribution in [1.82, 2.24) is 39.5 Å². The number of hydrogen-bond acceptors (Lipinski definition) is 22. The molecule has 24 nitrogen and oxygen atoms in total. The molecule has 0 saturated heterocycles. The van der Waals surface area contributed by atoms with Gasteiger partial charge < -0.3 is 11.0 Å². The van der Waals surface area contributed by atoms with Crippen molar-refractivity contribution in [2.24, 2.45) is 0 Å². The quantitative estimate of drug-likeness (QED) is 0.0923. The van der Waals surface area contributed by atoms with Crippen LogP contribution in [0.3, 0.4) is 0 Å². The van der Waals surface area contributed by atoms with Gasteiger partial charge in [0, 0.05) is 130 Å². The van der Waals surface area contributed by atoms with Gasteiger partial charge in [0.25, 0.3) is 0 Å². The molecule has 4 heterocycles. The van der Waals surface area contributed by atoms with Crippen LogP contribution in [0.2, 0.25) is 0 Å². The minimum atomic E-state index is -4.94. The largest absolute Gasteiger partial charge is 3.00 e. The van der Waals surface area contributed by atoms with Gasteiger partial charge in [0.1, 0.15) is 0 Å². The average molecular weight is 1260 g/mol. The van der Waals surface area contributed by atoms with E-state index in [1.807, 2.05) is 24.8 Å². The zero-order valence-corrected chi connectivity index (χ0v) is 49.2. The smallest absolute Gasteiger partial charge is 2.00 e. The number of likely N-dealkylation sites (N-methyl/N-ethyl adjacent to an activating group) is 4. The summed E-state index contributed by atoms with van der Waals surface area (Å²) in [5.74, 6) is 0. The van der Waals surface area contributed by atoms with Crippen molar-refractivity contribution >= 4 is 43.1 Å². The number of nitriles is 2. The summed E-state index contributed by atoms with van der Waals surface area (Å²) in [6, 6.07) is 45.6. The van der Waals surface area contributed by atoms with Crippen LogP contribution in [0, 0.1) is 53.4 Å². The first kappa shape index (κ1) is 79.9. The minimum absolute atomic E-state index is 0. The Labute approximate surface area is 497 Å². The number of nitrogens with zero attached hydrogens (tertiary/aromatic N) is 10. The van der Waals surface area contributed by atoms with E-state index in [1.54, 1.807) is 12.1 Å². The Morgan fingerprint density at radius 2 is 0.506 bits per heavy atom. The zero-order chi connectivity index (χ0) is 57.6. The molecule has 0 fully saturated rings. The monoisotopic (exact) mass is 1260 g/mol. The van der Waals surface area contributed by atoms with Crippen LogP contribution in [-0.2, 0) is 71.3 Å². The van der Waals surface area contributed by atoms with Crippen molar-refractivity contribution in [3.8, 4) is 12.1 Å². The van der Waals surface area contributed by atoms with Gasteiger partial charge in [-0.15, -0.1) is 30.7 Å². The molecule has 0 saturated carbocycles. The first-order chi connectivity index (χ1) is 36.2. The molecule has 4 aromatic carbocycles. The van der Waals surface area contributed by atoms with Gasteiger partial charge in [0.15, 0.2) is 0 Å². The van der Waals surface area contributed by atoms with E-state index in [-0.39, 0.29) is 45.1 Å². The van der Waals surface area contributed by atoms with Crippen LogP contribution in [0.25, 0.3) is 43.1 Å². The second-order valence-electron chi connectivity index (χ2n) is 16.4. The van der Waals surface area contributed by atoms with Crippen molar-refractivity contribution in [2.75, 3.05) is 54.4 Å². The third kappa shape index (κ3) is 36.0. The number of hydrogen-bond donors (Lipinski definition) is 0. The zero-order valence-electron chi connectivity index (χ0n) is 44.6. The number of rotatable bonds is 14. The molecule has 0 amide bonds. The van der Waals surface area contributed by atoms with Crippen molar-refractivity contribution in [3.05, 3.63) is 169 Å². The summed E-state index contributed by atoms with van der Waals surface area (Å²) in [6.45, 7) is 10.2. The summed E-state index contributed by atoms with van der Waals surface area (Å²) < 4.78 is 102. The summed E-state index contributed by atoms with van der Waals surface area (Å²) in [5, 5.41) is 24.6. The van der Waals surface area contributed by atoms with Gasteiger partial charge in [0.05, 0.1) is 34.9 Å². The summed E-state index contributed by atoms with van der Waals surface area (Å²) in [7, 11) is -6.19. The average Bonchev–Trinajstić information content (AvgIpc) is 3.35. The molecule has 1 radical (unpaired) electrons. The standard InChI is InChI=1S/2C24H26N4.2C2H3N.3ClHO4.2Mn.2O/c2*1-27(17-23-21-9-5-3-7-19(21)11-13-25-23)15-16-28(2)18-24-22-10-6-4-8-20(22)12-14-26-24;2*1-2-3;3*2-1(3,4)5;;;;/h2*3-14H,15-18H2,1-2H3;2*1H3;3*(H,2,3,4,5);;;;/q;;;;;;;;+3;2*-2/p-3. The first-order valence-electron chi connectivity index (χ1n) is 22.8. The Kier molecular flexibility index (Phi) is 41.1. The second-order valence-corrected chi connectivity index (χ2v) is 18.7. The van der Waals surface area contributed by atoms with Crippen LogP contribution in [0.5, 0.6) is 0 Å². The summed E-state index contributed by atoms with van der Waals surface area (Å²) in [5.41, 5.74) is 4.55. The number of aromatic nitrogens is 4. The molecular weight excluding hydrogens is 1200 g/mol. The maximum Gasteiger partial charge on any atom is 3.00 e. The molecule has 8 aromatic rings. The van der Waals surface area contributed by atoms with Crippen molar-refractivity contribution in [2.45, 2.75) is 40.0 Å². The molecule has 0 unspecified atom stereocenters. The topological polar surface area (TPSA) is 446 Å². The molecule has 0 atom stereocenters. The number of pyridine rings is 4. The predicted octanol–water partition coefficient (Wildman–Crippen LogP) is -4.76. The van der Waals surface area contributed by atoms with E-state index in [2.05, 4.69) is 189 Å². The molecule has 0 N–H and O–H groups in total. The normalized spacial score (nSPS) is 10.5. The van der Waals surface area contributed by atoms with E-state index in [1.165, 1.54) is 56.9 Å². The summed E-state index contributed by atoms with van der Waals surface area (Å²) >= 11 is 0. The molecule has 0 spiro atoms. The predicted molar refractivity (Wildman–Crippen MR) is 256 cm³/mol. The van der Waals surface area contributed by atoms with Gasteiger partial charge >= 0.3 is 17.1 Å². The third-order valence-corrected chi connectivity index (χ3v) is 10.4. The van der Waals surface area contributed by atoms with E-state index in [0.29, 0.717) is 0 Å². The van der Waals surface area contributed by atoms with Crippen LogP contribution in [0.1, 0.15) is 36.6 Å². The molecule has 29 heteroatoms. The maximum absolute atomic E-state index is 8.49. The van der Waals surface area contributed by atoms with Gasteiger partial charge in [-0.3, -0.25) is 39.5 Å². The van der Waals surface area contributed by atoms with Crippen LogP contribution in [-0.4, -0.2) is 93.9 Å². The fraction of sp³-hybridized carbons (Fsp3) is 0.269. The maximum atomic E-state index is 8.49. The molecule has 81 heavy (non-hydrogen) atoms. The van der Waals surface area contributed by atoms with Gasteiger partial charge in [-0.2, -0.15) is 10.5 Å². The van der Waals surface area contributed by atoms with Gasteiger partial charge in [0.2, 0.25) is 0 Å². The fourth-order valence-electron chi connectivity index (χ4n) is 7.25. The Hall–Kier alpha value is -5.31. The Bertz CT molecular complexity index is 2660. The van der Waals surface area contributed by atoms with Crippen LogP contribution >= 0.6 is 0 Å². The Morgan fingerprint density at radius 1 is 0.358 bits per heavy atom. The molecule has 439 valence electrons. The van der Waals surface area contributed by atoms with E-state index in [4.69, 9.17) is 66.4 Å². The summed E-state index contributed by atoms with van der Waals surface area (Å²) in [4.78, 5) is 27.8. The third-order valence-electron chi connectivity index (χ3n) is 10.4. The molecular formula is C52H58Cl3Mn2N10O14-4.